The van der Waals surface area contributed by atoms with Crippen molar-refractivity contribution in [2.75, 3.05) is 33.9 Å². The molecule has 1 aromatic rings. The number of aliphatic hydroxyl groups excluding tert-OH is 1. The average Bonchev–Trinajstić information content (AvgIpc) is 2.45. The fourth-order valence-corrected chi connectivity index (χ4v) is 2.33. The molecule has 4 heteroatoms. The van der Waals surface area contributed by atoms with Gasteiger partial charge in [0, 0.05) is 31.3 Å². The Labute approximate surface area is 122 Å². The number of hydrogen-bond donors (Lipinski definition) is 2. The first-order valence-electron chi connectivity index (χ1n) is 7.36. The van der Waals surface area contributed by atoms with Crippen LogP contribution in [0.2, 0.25) is 0 Å². The summed E-state index contributed by atoms with van der Waals surface area (Å²) < 4.78 is 5.38. The van der Waals surface area contributed by atoms with Crippen LogP contribution in [-0.2, 0) is 6.54 Å². The van der Waals surface area contributed by atoms with Crippen molar-refractivity contribution >= 4 is 0 Å². The van der Waals surface area contributed by atoms with Gasteiger partial charge in [-0.25, -0.2) is 0 Å². The van der Waals surface area contributed by atoms with Gasteiger partial charge in [0.05, 0.1) is 7.11 Å². The summed E-state index contributed by atoms with van der Waals surface area (Å²) in [6, 6.07) is 8.44. The van der Waals surface area contributed by atoms with Gasteiger partial charge >= 0.3 is 0 Å². The molecule has 0 heterocycles. The lowest BCUT2D eigenvalue weighted by atomic mass is 10.1. The van der Waals surface area contributed by atoms with Crippen LogP contribution in [0.3, 0.4) is 0 Å². The molecule has 114 valence electrons. The Balaban J connectivity index is 2.53. The third-order valence-electron chi connectivity index (χ3n) is 3.33. The van der Waals surface area contributed by atoms with Crippen LogP contribution < -0.4 is 10.1 Å². The Morgan fingerprint density at radius 3 is 2.75 bits per heavy atom. The standard InChI is InChI=1S/C16H28N2O2/c1-4-10-17-15(9-11-19)13-18(2)12-14-7-5-6-8-16(14)20-3/h5-8,15,17,19H,4,9-13H2,1-3H3. The highest BCUT2D eigenvalue weighted by atomic mass is 16.5. The van der Waals surface area contributed by atoms with Gasteiger partial charge in [-0.15, -0.1) is 0 Å². The molecule has 0 aliphatic rings. The number of ether oxygens (including phenoxy) is 1. The third kappa shape index (κ3) is 5.90. The molecule has 0 fully saturated rings. The van der Waals surface area contributed by atoms with Crippen LogP contribution in [-0.4, -0.2) is 49.9 Å². The lowest BCUT2D eigenvalue weighted by Crippen LogP contribution is -2.40. The van der Waals surface area contributed by atoms with Crippen molar-refractivity contribution in [3.8, 4) is 5.75 Å². The molecule has 0 amide bonds. The molecule has 1 unspecified atom stereocenters. The Morgan fingerprint density at radius 1 is 1.35 bits per heavy atom. The Morgan fingerprint density at radius 2 is 2.10 bits per heavy atom. The number of aliphatic hydroxyl groups is 1. The topological polar surface area (TPSA) is 44.7 Å². The van der Waals surface area contributed by atoms with Gasteiger partial charge in [-0.3, -0.25) is 0 Å². The summed E-state index contributed by atoms with van der Waals surface area (Å²) in [5.74, 6) is 0.930. The highest BCUT2D eigenvalue weighted by Crippen LogP contribution is 2.18. The van der Waals surface area contributed by atoms with Crippen LogP contribution >= 0.6 is 0 Å². The molecular weight excluding hydrogens is 252 g/mol. The third-order valence-corrected chi connectivity index (χ3v) is 3.33. The molecule has 4 nitrogen and oxygen atoms in total. The summed E-state index contributed by atoms with van der Waals surface area (Å²) in [6.45, 7) is 5.14. The molecule has 0 aliphatic carbocycles. The molecule has 2 N–H and O–H groups in total. The summed E-state index contributed by atoms with van der Waals surface area (Å²) >= 11 is 0. The minimum atomic E-state index is 0.226. The highest BCUT2D eigenvalue weighted by molar-refractivity contribution is 5.32. The summed E-state index contributed by atoms with van der Waals surface area (Å²) in [5, 5.41) is 12.6. The van der Waals surface area contributed by atoms with Crippen molar-refractivity contribution in [3.05, 3.63) is 29.8 Å². The number of rotatable bonds is 10. The largest absolute Gasteiger partial charge is 0.496 e. The summed E-state index contributed by atoms with van der Waals surface area (Å²) in [5.41, 5.74) is 1.19. The van der Waals surface area contributed by atoms with E-state index in [9.17, 15) is 0 Å². The van der Waals surface area contributed by atoms with E-state index in [1.807, 2.05) is 18.2 Å². The van der Waals surface area contributed by atoms with Crippen molar-refractivity contribution < 1.29 is 9.84 Å². The normalized spacial score (nSPS) is 12.7. The molecular formula is C16H28N2O2. The van der Waals surface area contributed by atoms with Crippen LogP contribution in [0.5, 0.6) is 5.75 Å². The summed E-state index contributed by atoms with van der Waals surface area (Å²) in [7, 11) is 3.81. The van der Waals surface area contributed by atoms with E-state index < -0.39 is 0 Å². The van der Waals surface area contributed by atoms with E-state index in [0.717, 1.165) is 38.2 Å². The van der Waals surface area contributed by atoms with Gasteiger partial charge in [0.15, 0.2) is 0 Å². The molecule has 1 atom stereocenters. The smallest absolute Gasteiger partial charge is 0.123 e. The van der Waals surface area contributed by atoms with E-state index in [0.29, 0.717) is 6.04 Å². The predicted molar refractivity (Wildman–Crippen MR) is 83.1 cm³/mol. The fourth-order valence-electron chi connectivity index (χ4n) is 2.33. The molecule has 0 radical (unpaired) electrons. The lowest BCUT2D eigenvalue weighted by molar-refractivity contribution is 0.224. The van der Waals surface area contributed by atoms with E-state index in [-0.39, 0.29) is 6.61 Å². The highest BCUT2D eigenvalue weighted by Gasteiger charge is 2.12. The molecule has 0 saturated carbocycles. The summed E-state index contributed by atoms with van der Waals surface area (Å²) in [4.78, 5) is 2.26. The molecule has 1 aromatic carbocycles. The first kappa shape index (κ1) is 17.0. The van der Waals surface area contributed by atoms with Gasteiger partial charge < -0.3 is 20.1 Å². The molecule has 1 rings (SSSR count). The van der Waals surface area contributed by atoms with Gasteiger partial charge in [-0.2, -0.15) is 0 Å². The first-order chi connectivity index (χ1) is 9.71. The number of benzene rings is 1. The maximum absolute atomic E-state index is 9.14. The first-order valence-corrected chi connectivity index (χ1v) is 7.36. The Bertz CT molecular complexity index is 371. The van der Waals surface area contributed by atoms with Crippen molar-refractivity contribution in [3.63, 3.8) is 0 Å². The van der Waals surface area contributed by atoms with E-state index >= 15 is 0 Å². The summed E-state index contributed by atoms with van der Waals surface area (Å²) in [6.07, 6.45) is 1.90. The molecule has 20 heavy (non-hydrogen) atoms. The van der Waals surface area contributed by atoms with Crippen molar-refractivity contribution in [2.24, 2.45) is 0 Å². The van der Waals surface area contributed by atoms with E-state index in [2.05, 4.69) is 30.3 Å². The minimum absolute atomic E-state index is 0.226. The quantitative estimate of drug-likeness (QED) is 0.687. The number of nitrogens with one attached hydrogen (secondary N) is 1. The van der Waals surface area contributed by atoms with Crippen LogP contribution in [0.25, 0.3) is 0 Å². The zero-order chi connectivity index (χ0) is 14.8. The zero-order valence-corrected chi connectivity index (χ0v) is 12.9. The van der Waals surface area contributed by atoms with Gasteiger partial charge in [-0.1, -0.05) is 25.1 Å². The second kappa shape index (κ2) is 9.75. The second-order valence-electron chi connectivity index (χ2n) is 5.17. The fraction of sp³-hybridized carbons (Fsp3) is 0.625. The molecule has 0 spiro atoms. The van der Waals surface area contributed by atoms with Crippen LogP contribution in [0.4, 0.5) is 0 Å². The SMILES string of the molecule is CCCNC(CCO)CN(C)Cc1ccccc1OC. The van der Waals surface area contributed by atoms with Crippen molar-refractivity contribution in [1.29, 1.82) is 0 Å². The number of hydrogen-bond acceptors (Lipinski definition) is 4. The van der Waals surface area contributed by atoms with E-state index in [1.54, 1.807) is 7.11 Å². The van der Waals surface area contributed by atoms with Crippen molar-refractivity contribution in [1.82, 2.24) is 10.2 Å². The van der Waals surface area contributed by atoms with Crippen LogP contribution in [0.1, 0.15) is 25.3 Å². The molecule has 0 saturated heterocycles. The van der Waals surface area contributed by atoms with Crippen molar-refractivity contribution in [2.45, 2.75) is 32.4 Å². The van der Waals surface area contributed by atoms with E-state index in [4.69, 9.17) is 9.84 Å². The Kier molecular flexibility index (Phi) is 8.26. The van der Waals surface area contributed by atoms with Gasteiger partial charge in [0.1, 0.15) is 5.75 Å². The monoisotopic (exact) mass is 280 g/mol. The van der Waals surface area contributed by atoms with E-state index in [1.165, 1.54) is 5.56 Å². The zero-order valence-electron chi connectivity index (χ0n) is 12.9. The second-order valence-corrected chi connectivity index (χ2v) is 5.17. The van der Waals surface area contributed by atoms with Gasteiger partial charge in [-0.05, 0) is 32.5 Å². The van der Waals surface area contributed by atoms with Gasteiger partial charge in [0.2, 0.25) is 0 Å². The lowest BCUT2D eigenvalue weighted by Gasteiger charge is -2.25. The number of likely N-dealkylation sites (N-methyl/N-ethyl adjacent to an activating group) is 1. The van der Waals surface area contributed by atoms with Crippen LogP contribution in [0, 0.1) is 0 Å². The van der Waals surface area contributed by atoms with Crippen LogP contribution in [0.15, 0.2) is 24.3 Å². The molecule has 0 aliphatic heterocycles. The molecule has 0 aromatic heterocycles. The minimum Gasteiger partial charge on any atom is -0.496 e. The number of methoxy groups -OCH3 is 1. The number of para-hydroxylation sites is 1. The molecule has 0 bridgehead atoms. The van der Waals surface area contributed by atoms with Gasteiger partial charge in [0.25, 0.3) is 0 Å². The average molecular weight is 280 g/mol. The maximum Gasteiger partial charge on any atom is 0.123 e. The number of nitrogens with zero attached hydrogens (tertiary/aromatic N) is 1. The predicted octanol–water partition coefficient (Wildman–Crippen LogP) is 1.88. The maximum atomic E-state index is 9.14. The Hall–Kier alpha value is -1.10.